The molecule has 0 saturated carbocycles. The van der Waals surface area contributed by atoms with E-state index in [4.69, 9.17) is 14.2 Å². The number of nitrogens with one attached hydrogen (secondary N) is 1. The van der Waals surface area contributed by atoms with Crippen LogP contribution in [0, 0.1) is 0 Å². The molecule has 0 atom stereocenters. The Bertz CT molecular complexity index is 844. The largest absolute Gasteiger partial charge is 0.497 e. The molecule has 0 bridgehead atoms. The smallest absolute Gasteiger partial charge is 0.244 e. The SMILES string of the molecule is CC/C(=N\NC(=O)Cc1ccc(OC)cc1)c1ccc(OCCN2CCOCC2)cc1. The van der Waals surface area contributed by atoms with Gasteiger partial charge in [-0.1, -0.05) is 19.1 Å². The molecule has 2 aromatic rings. The molecule has 1 N–H and O–H groups in total. The van der Waals surface area contributed by atoms with Crippen molar-refractivity contribution in [3.8, 4) is 11.5 Å². The quantitative estimate of drug-likeness (QED) is 0.468. The first-order chi connectivity index (χ1) is 15.2. The van der Waals surface area contributed by atoms with Crippen LogP contribution in [0.25, 0.3) is 0 Å². The molecule has 1 aliphatic heterocycles. The number of hydrogen-bond donors (Lipinski definition) is 1. The number of nitrogens with zero attached hydrogens (tertiary/aromatic N) is 2. The van der Waals surface area contributed by atoms with Crippen LogP contribution in [0.15, 0.2) is 53.6 Å². The van der Waals surface area contributed by atoms with Crippen LogP contribution >= 0.6 is 0 Å². The van der Waals surface area contributed by atoms with E-state index < -0.39 is 0 Å². The molecule has 1 aliphatic rings. The normalized spacial score (nSPS) is 14.8. The highest BCUT2D eigenvalue weighted by Gasteiger charge is 2.10. The van der Waals surface area contributed by atoms with Gasteiger partial charge in [0.25, 0.3) is 0 Å². The molecule has 7 nitrogen and oxygen atoms in total. The molecule has 3 rings (SSSR count). The van der Waals surface area contributed by atoms with Gasteiger partial charge in [-0.2, -0.15) is 5.10 Å². The lowest BCUT2D eigenvalue weighted by Gasteiger charge is -2.26. The van der Waals surface area contributed by atoms with Crippen molar-refractivity contribution in [2.75, 3.05) is 46.6 Å². The summed E-state index contributed by atoms with van der Waals surface area (Å²) in [5.74, 6) is 1.44. The lowest BCUT2D eigenvalue weighted by Crippen LogP contribution is -2.38. The summed E-state index contributed by atoms with van der Waals surface area (Å²) in [6.07, 6.45) is 0.973. The molecule has 0 radical (unpaired) electrons. The van der Waals surface area contributed by atoms with E-state index in [0.29, 0.717) is 13.0 Å². The summed E-state index contributed by atoms with van der Waals surface area (Å²) >= 11 is 0. The number of hydrogen-bond acceptors (Lipinski definition) is 6. The number of methoxy groups -OCH3 is 1. The molecule has 1 fully saturated rings. The van der Waals surface area contributed by atoms with Crippen LogP contribution in [0.1, 0.15) is 24.5 Å². The van der Waals surface area contributed by atoms with Crippen molar-refractivity contribution in [2.45, 2.75) is 19.8 Å². The predicted octanol–water partition coefficient (Wildman–Crippen LogP) is 2.88. The van der Waals surface area contributed by atoms with Gasteiger partial charge in [0, 0.05) is 19.6 Å². The molecule has 0 unspecified atom stereocenters. The first-order valence-electron chi connectivity index (χ1n) is 10.7. The second-order valence-corrected chi connectivity index (χ2v) is 7.30. The van der Waals surface area contributed by atoms with E-state index in [1.807, 2.05) is 55.5 Å². The fourth-order valence-electron chi connectivity index (χ4n) is 3.31. The van der Waals surface area contributed by atoms with E-state index in [1.54, 1.807) is 7.11 Å². The Hall–Kier alpha value is -2.90. The number of carbonyl (C=O) groups is 1. The molecule has 1 saturated heterocycles. The van der Waals surface area contributed by atoms with Crippen LogP contribution < -0.4 is 14.9 Å². The van der Waals surface area contributed by atoms with Gasteiger partial charge in [-0.3, -0.25) is 9.69 Å². The minimum atomic E-state index is -0.154. The van der Waals surface area contributed by atoms with Gasteiger partial charge in [0.2, 0.25) is 5.91 Å². The second kappa shape index (κ2) is 12.1. The molecule has 7 heteroatoms. The van der Waals surface area contributed by atoms with Crippen molar-refractivity contribution >= 4 is 11.6 Å². The van der Waals surface area contributed by atoms with Gasteiger partial charge in [-0.25, -0.2) is 5.43 Å². The number of carbonyl (C=O) groups excluding carboxylic acids is 1. The van der Waals surface area contributed by atoms with Crippen molar-refractivity contribution in [1.29, 1.82) is 0 Å². The summed E-state index contributed by atoms with van der Waals surface area (Å²) in [5.41, 5.74) is 5.36. The third kappa shape index (κ3) is 7.38. The van der Waals surface area contributed by atoms with Crippen LogP contribution in [-0.2, 0) is 16.0 Å². The summed E-state index contributed by atoms with van der Waals surface area (Å²) in [6, 6.07) is 15.3. The monoisotopic (exact) mass is 425 g/mol. The number of ether oxygens (including phenoxy) is 3. The fourth-order valence-corrected chi connectivity index (χ4v) is 3.31. The number of benzene rings is 2. The standard InChI is InChI=1S/C24H31N3O4/c1-3-23(25-26-24(28)18-19-4-8-21(29-2)9-5-19)20-6-10-22(11-7-20)31-17-14-27-12-15-30-16-13-27/h4-11H,3,12-18H2,1-2H3,(H,26,28)/b25-23+. The molecule has 31 heavy (non-hydrogen) atoms. The highest BCUT2D eigenvalue weighted by molar-refractivity contribution is 6.01. The summed E-state index contributed by atoms with van der Waals surface area (Å²) in [5, 5.41) is 4.33. The predicted molar refractivity (Wildman–Crippen MR) is 121 cm³/mol. The van der Waals surface area contributed by atoms with E-state index in [9.17, 15) is 4.79 Å². The van der Waals surface area contributed by atoms with Crippen molar-refractivity contribution in [3.05, 3.63) is 59.7 Å². The summed E-state index contributed by atoms with van der Waals surface area (Å²) < 4.78 is 16.4. The third-order valence-electron chi connectivity index (χ3n) is 5.14. The van der Waals surface area contributed by atoms with E-state index in [0.717, 1.165) is 61.2 Å². The van der Waals surface area contributed by atoms with Gasteiger partial charge in [0.15, 0.2) is 0 Å². The average Bonchev–Trinajstić information content (AvgIpc) is 2.81. The zero-order chi connectivity index (χ0) is 21.9. The van der Waals surface area contributed by atoms with Crippen LogP contribution in [0.3, 0.4) is 0 Å². The van der Waals surface area contributed by atoms with Crippen LogP contribution in [0.4, 0.5) is 0 Å². The Kier molecular flexibility index (Phi) is 8.87. The van der Waals surface area contributed by atoms with Gasteiger partial charge < -0.3 is 14.2 Å². The number of morpholine rings is 1. The summed E-state index contributed by atoms with van der Waals surface area (Å²) in [4.78, 5) is 14.6. The van der Waals surface area contributed by atoms with E-state index in [2.05, 4.69) is 15.4 Å². The van der Waals surface area contributed by atoms with Gasteiger partial charge in [-0.05, 0) is 53.9 Å². The van der Waals surface area contributed by atoms with E-state index in [-0.39, 0.29) is 12.3 Å². The molecule has 2 aromatic carbocycles. The van der Waals surface area contributed by atoms with Gasteiger partial charge >= 0.3 is 0 Å². The number of rotatable bonds is 10. The molecule has 0 aromatic heterocycles. The molecule has 1 heterocycles. The lowest BCUT2D eigenvalue weighted by molar-refractivity contribution is -0.120. The van der Waals surface area contributed by atoms with Gasteiger partial charge in [-0.15, -0.1) is 0 Å². The van der Waals surface area contributed by atoms with Crippen molar-refractivity contribution in [1.82, 2.24) is 10.3 Å². The Balaban J connectivity index is 1.48. The number of amides is 1. The first kappa shape index (κ1) is 22.8. The van der Waals surface area contributed by atoms with Crippen LogP contribution in [0.5, 0.6) is 11.5 Å². The zero-order valence-electron chi connectivity index (χ0n) is 18.3. The summed E-state index contributed by atoms with van der Waals surface area (Å²) in [7, 11) is 1.62. The maximum atomic E-state index is 12.2. The summed E-state index contributed by atoms with van der Waals surface area (Å²) in [6.45, 7) is 7.07. The Labute approximate surface area is 184 Å². The molecule has 0 spiro atoms. The Morgan fingerprint density at radius 3 is 2.39 bits per heavy atom. The molecule has 1 amide bonds. The highest BCUT2D eigenvalue weighted by atomic mass is 16.5. The lowest BCUT2D eigenvalue weighted by atomic mass is 10.1. The van der Waals surface area contributed by atoms with Crippen molar-refractivity contribution in [2.24, 2.45) is 5.10 Å². The first-order valence-corrected chi connectivity index (χ1v) is 10.7. The second-order valence-electron chi connectivity index (χ2n) is 7.30. The zero-order valence-corrected chi connectivity index (χ0v) is 18.3. The van der Waals surface area contributed by atoms with Crippen LogP contribution in [-0.4, -0.2) is 63.1 Å². The minimum Gasteiger partial charge on any atom is -0.497 e. The molecule has 166 valence electrons. The van der Waals surface area contributed by atoms with Crippen molar-refractivity contribution in [3.63, 3.8) is 0 Å². The highest BCUT2D eigenvalue weighted by Crippen LogP contribution is 2.15. The van der Waals surface area contributed by atoms with Gasteiger partial charge in [0.05, 0.1) is 32.5 Å². The van der Waals surface area contributed by atoms with E-state index >= 15 is 0 Å². The van der Waals surface area contributed by atoms with Gasteiger partial charge in [0.1, 0.15) is 18.1 Å². The third-order valence-corrected chi connectivity index (χ3v) is 5.14. The molecule has 0 aliphatic carbocycles. The minimum absolute atomic E-state index is 0.154. The van der Waals surface area contributed by atoms with Crippen LogP contribution in [0.2, 0.25) is 0 Å². The Morgan fingerprint density at radius 1 is 1.06 bits per heavy atom. The molecular formula is C24H31N3O4. The van der Waals surface area contributed by atoms with E-state index in [1.165, 1.54) is 0 Å². The average molecular weight is 426 g/mol. The Morgan fingerprint density at radius 2 is 1.74 bits per heavy atom. The fraction of sp³-hybridized carbons (Fsp3) is 0.417. The van der Waals surface area contributed by atoms with Crippen molar-refractivity contribution < 1.29 is 19.0 Å². The number of hydrazone groups is 1. The maximum absolute atomic E-state index is 12.2. The molecular weight excluding hydrogens is 394 g/mol. The maximum Gasteiger partial charge on any atom is 0.244 e. The topological polar surface area (TPSA) is 72.4 Å².